The van der Waals surface area contributed by atoms with Crippen LogP contribution in [0.5, 0.6) is 0 Å². The Bertz CT molecular complexity index is 888. The Morgan fingerprint density at radius 3 is 2.65 bits per heavy atom. The summed E-state index contributed by atoms with van der Waals surface area (Å²) in [7, 11) is 0. The van der Waals surface area contributed by atoms with Crippen LogP contribution in [0.25, 0.3) is 11.0 Å². The zero-order valence-electron chi connectivity index (χ0n) is 15.0. The Hall–Kier alpha value is -2.33. The van der Waals surface area contributed by atoms with Crippen LogP contribution in [0.3, 0.4) is 0 Å². The largest absolute Gasteiger partial charge is 0.345 e. The fourth-order valence-corrected chi connectivity index (χ4v) is 3.33. The first-order valence-corrected chi connectivity index (χ1v) is 9.55. The molecule has 4 nitrogen and oxygen atoms in total. The van der Waals surface area contributed by atoms with Crippen molar-refractivity contribution in [2.75, 3.05) is 0 Å². The van der Waals surface area contributed by atoms with Gasteiger partial charge in [-0.3, -0.25) is 4.79 Å². The lowest BCUT2D eigenvalue weighted by Gasteiger charge is -2.10. The smallest absolute Gasteiger partial charge is 0.253 e. The summed E-state index contributed by atoms with van der Waals surface area (Å²) in [6.07, 6.45) is 4.77. The zero-order chi connectivity index (χ0) is 18.4. The van der Waals surface area contributed by atoms with Gasteiger partial charge >= 0.3 is 0 Å². The molecule has 0 saturated carbocycles. The number of hydrogen-bond donors (Lipinski definition) is 1. The molecular formula is C21H24ClN3O. The first-order chi connectivity index (χ1) is 12.7. The second kappa shape index (κ2) is 8.86. The van der Waals surface area contributed by atoms with Gasteiger partial charge in [-0.1, -0.05) is 62.1 Å². The van der Waals surface area contributed by atoms with Crippen LogP contribution in [0.1, 0.15) is 48.8 Å². The number of amides is 1. The molecule has 26 heavy (non-hydrogen) atoms. The summed E-state index contributed by atoms with van der Waals surface area (Å²) in [5.74, 6) is 0.697. The lowest BCUT2D eigenvalue weighted by atomic mass is 10.2. The van der Waals surface area contributed by atoms with E-state index in [1.165, 1.54) is 19.3 Å². The fourth-order valence-electron chi connectivity index (χ4n) is 3.11. The number of fused-ring (bicyclic) bond motifs is 1. The Kier molecular flexibility index (Phi) is 6.29. The van der Waals surface area contributed by atoms with Crippen molar-refractivity contribution in [3.63, 3.8) is 0 Å². The number of aryl methyl sites for hydroxylation is 1. The number of hydrogen-bond acceptors (Lipinski definition) is 2. The molecule has 0 radical (unpaired) electrons. The van der Waals surface area contributed by atoms with E-state index in [-0.39, 0.29) is 5.91 Å². The van der Waals surface area contributed by atoms with E-state index in [0.717, 1.165) is 29.8 Å². The van der Waals surface area contributed by atoms with E-state index in [9.17, 15) is 4.79 Å². The molecule has 0 spiro atoms. The molecule has 136 valence electrons. The molecular weight excluding hydrogens is 346 g/mol. The summed E-state index contributed by atoms with van der Waals surface area (Å²) in [5.41, 5.74) is 2.57. The van der Waals surface area contributed by atoms with Crippen molar-refractivity contribution in [3.8, 4) is 0 Å². The highest BCUT2D eigenvalue weighted by molar-refractivity contribution is 6.33. The van der Waals surface area contributed by atoms with Gasteiger partial charge in [-0.25, -0.2) is 4.98 Å². The second-order valence-corrected chi connectivity index (χ2v) is 6.80. The third kappa shape index (κ3) is 4.25. The van der Waals surface area contributed by atoms with Crippen molar-refractivity contribution in [1.82, 2.24) is 14.9 Å². The monoisotopic (exact) mass is 369 g/mol. The van der Waals surface area contributed by atoms with Gasteiger partial charge in [-0.15, -0.1) is 0 Å². The van der Waals surface area contributed by atoms with Crippen molar-refractivity contribution in [2.45, 2.75) is 45.7 Å². The normalized spacial score (nSPS) is 11.0. The van der Waals surface area contributed by atoms with Gasteiger partial charge in [-0.05, 0) is 30.7 Å². The van der Waals surface area contributed by atoms with Crippen LogP contribution in [-0.2, 0) is 13.1 Å². The highest BCUT2D eigenvalue weighted by atomic mass is 35.5. The molecule has 0 unspecified atom stereocenters. The van der Waals surface area contributed by atoms with Gasteiger partial charge < -0.3 is 9.88 Å². The summed E-state index contributed by atoms with van der Waals surface area (Å²) in [6.45, 7) is 3.51. The highest BCUT2D eigenvalue weighted by Crippen LogP contribution is 2.18. The number of carbonyl (C=O) groups excluding carboxylic acids is 1. The van der Waals surface area contributed by atoms with E-state index < -0.39 is 0 Å². The maximum absolute atomic E-state index is 12.4. The van der Waals surface area contributed by atoms with Gasteiger partial charge in [0.2, 0.25) is 0 Å². The third-order valence-electron chi connectivity index (χ3n) is 4.49. The average molecular weight is 370 g/mol. The summed E-state index contributed by atoms with van der Waals surface area (Å²) in [4.78, 5) is 17.1. The van der Waals surface area contributed by atoms with Crippen LogP contribution in [-0.4, -0.2) is 15.5 Å². The minimum absolute atomic E-state index is 0.180. The van der Waals surface area contributed by atoms with Gasteiger partial charge in [0.05, 0.1) is 28.2 Å². The van der Waals surface area contributed by atoms with E-state index in [1.54, 1.807) is 12.1 Å². The van der Waals surface area contributed by atoms with Crippen LogP contribution in [0.2, 0.25) is 5.02 Å². The zero-order valence-corrected chi connectivity index (χ0v) is 15.8. The van der Waals surface area contributed by atoms with E-state index in [1.807, 2.05) is 30.3 Å². The minimum Gasteiger partial charge on any atom is -0.345 e. The molecule has 0 aliphatic carbocycles. The van der Waals surface area contributed by atoms with Crippen molar-refractivity contribution in [2.24, 2.45) is 0 Å². The Morgan fingerprint density at radius 2 is 1.85 bits per heavy atom. The van der Waals surface area contributed by atoms with Crippen molar-refractivity contribution in [1.29, 1.82) is 0 Å². The molecule has 2 aromatic carbocycles. The predicted molar refractivity (Wildman–Crippen MR) is 106 cm³/mol. The standard InChI is InChI=1S/C21H24ClN3O/c1-2-3-4-9-14-25-19-13-8-7-12-18(19)24-20(25)15-23-21(26)16-10-5-6-11-17(16)22/h5-8,10-13H,2-4,9,14-15H2,1H3,(H,23,26). The fraction of sp³-hybridized carbons (Fsp3) is 0.333. The Balaban J connectivity index is 1.76. The summed E-state index contributed by atoms with van der Waals surface area (Å²) in [6, 6.07) is 15.2. The number of para-hydroxylation sites is 2. The number of nitrogens with zero attached hydrogens (tertiary/aromatic N) is 2. The molecule has 1 N–H and O–H groups in total. The van der Waals surface area contributed by atoms with E-state index >= 15 is 0 Å². The first-order valence-electron chi connectivity index (χ1n) is 9.17. The molecule has 1 amide bonds. The minimum atomic E-state index is -0.180. The molecule has 0 aliphatic heterocycles. The van der Waals surface area contributed by atoms with Crippen LogP contribution in [0.4, 0.5) is 0 Å². The second-order valence-electron chi connectivity index (χ2n) is 6.39. The van der Waals surface area contributed by atoms with Gasteiger partial charge in [0.15, 0.2) is 0 Å². The molecule has 3 rings (SSSR count). The number of imidazole rings is 1. The topological polar surface area (TPSA) is 46.9 Å². The van der Waals surface area contributed by atoms with Gasteiger partial charge in [0.1, 0.15) is 5.82 Å². The third-order valence-corrected chi connectivity index (χ3v) is 4.82. The Morgan fingerprint density at radius 1 is 1.08 bits per heavy atom. The van der Waals surface area contributed by atoms with Gasteiger partial charge in [0, 0.05) is 6.54 Å². The maximum Gasteiger partial charge on any atom is 0.253 e. The molecule has 5 heteroatoms. The molecule has 0 fully saturated rings. The van der Waals surface area contributed by atoms with Crippen molar-refractivity contribution >= 4 is 28.5 Å². The van der Waals surface area contributed by atoms with Crippen LogP contribution < -0.4 is 5.32 Å². The summed E-state index contributed by atoms with van der Waals surface area (Å²) >= 11 is 6.11. The van der Waals surface area contributed by atoms with Crippen molar-refractivity contribution in [3.05, 3.63) is 64.9 Å². The molecule has 0 aliphatic rings. The van der Waals surface area contributed by atoms with E-state index in [0.29, 0.717) is 17.1 Å². The molecule has 0 atom stereocenters. The number of carbonyl (C=O) groups is 1. The summed E-state index contributed by atoms with van der Waals surface area (Å²) < 4.78 is 2.22. The molecule has 0 bridgehead atoms. The van der Waals surface area contributed by atoms with Crippen LogP contribution >= 0.6 is 11.6 Å². The average Bonchev–Trinajstić information content (AvgIpc) is 3.01. The number of benzene rings is 2. The van der Waals surface area contributed by atoms with Crippen LogP contribution in [0, 0.1) is 0 Å². The lowest BCUT2D eigenvalue weighted by molar-refractivity contribution is 0.0949. The first kappa shape index (κ1) is 18.5. The van der Waals surface area contributed by atoms with E-state index in [2.05, 4.69) is 22.9 Å². The quantitative estimate of drug-likeness (QED) is 0.555. The van der Waals surface area contributed by atoms with Gasteiger partial charge in [0.25, 0.3) is 5.91 Å². The number of nitrogens with one attached hydrogen (secondary N) is 1. The van der Waals surface area contributed by atoms with Crippen LogP contribution in [0.15, 0.2) is 48.5 Å². The highest BCUT2D eigenvalue weighted by Gasteiger charge is 2.13. The molecule has 0 saturated heterocycles. The lowest BCUT2D eigenvalue weighted by Crippen LogP contribution is -2.25. The SMILES string of the molecule is CCCCCCn1c(CNC(=O)c2ccccc2Cl)nc2ccccc21. The number of aromatic nitrogens is 2. The van der Waals surface area contributed by atoms with Crippen molar-refractivity contribution < 1.29 is 4.79 Å². The maximum atomic E-state index is 12.4. The molecule has 3 aromatic rings. The van der Waals surface area contributed by atoms with Gasteiger partial charge in [-0.2, -0.15) is 0 Å². The number of rotatable bonds is 8. The number of unbranched alkanes of at least 4 members (excludes halogenated alkanes) is 3. The summed E-state index contributed by atoms with van der Waals surface area (Å²) in [5, 5.41) is 3.41. The predicted octanol–water partition coefficient (Wildman–Crippen LogP) is 5.20. The molecule has 1 aromatic heterocycles. The Labute approximate surface area is 159 Å². The number of halogens is 1. The van der Waals surface area contributed by atoms with E-state index in [4.69, 9.17) is 16.6 Å². The molecule has 1 heterocycles.